The van der Waals surface area contributed by atoms with Crippen molar-refractivity contribution < 1.29 is 22.8 Å². The Bertz CT molecular complexity index is 723. The van der Waals surface area contributed by atoms with E-state index in [0.29, 0.717) is 19.5 Å². The highest BCUT2D eigenvalue weighted by atomic mass is 19.4. The summed E-state index contributed by atoms with van der Waals surface area (Å²) in [6.45, 7) is 5.82. The summed E-state index contributed by atoms with van der Waals surface area (Å²) in [5.74, 6) is -0.164. The number of amides is 3. The van der Waals surface area contributed by atoms with Crippen molar-refractivity contribution in [2.45, 2.75) is 44.9 Å². The molecule has 3 rings (SSSR count). The minimum absolute atomic E-state index is 0.164. The molecule has 160 valence electrons. The monoisotopic (exact) mass is 412 g/mol. The lowest BCUT2D eigenvalue weighted by Gasteiger charge is -2.25. The Balaban J connectivity index is 1.51. The number of rotatable bonds is 6. The van der Waals surface area contributed by atoms with Crippen LogP contribution in [0.1, 0.15) is 37.3 Å². The number of carbonyl (C=O) groups excluding carboxylic acids is 2. The molecule has 2 fully saturated rings. The summed E-state index contributed by atoms with van der Waals surface area (Å²) >= 11 is 0. The quantitative estimate of drug-likeness (QED) is 0.730. The first-order valence-corrected chi connectivity index (χ1v) is 10.0. The topological polar surface area (TPSA) is 55.9 Å². The van der Waals surface area contributed by atoms with E-state index in [1.807, 2.05) is 6.92 Å². The van der Waals surface area contributed by atoms with Crippen LogP contribution in [-0.2, 0) is 17.5 Å². The van der Waals surface area contributed by atoms with Crippen LogP contribution in [0.25, 0.3) is 0 Å². The van der Waals surface area contributed by atoms with Gasteiger partial charge in [0.1, 0.15) is 6.04 Å². The van der Waals surface area contributed by atoms with Crippen molar-refractivity contribution in [3.8, 4) is 0 Å². The second kappa shape index (κ2) is 9.13. The van der Waals surface area contributed by atoms with E-state index in [1.54, 1.807) is 0 Å². The lowest BCUT2D eigenvalue weighted by Crippen LogP contribution is -2.43. The summed E-state index contributed by atoms with van der Waals surface area (Å²) in [7, 11) is 0. The molecule has 2 heterocycles. The van der Waals surface area contributed by atoms with Gasteiger partial charge in [-0.25, -0.2) is 9.69 Å². The molecular weight excluding hydrogens is 385 g/mol. The summed E-state index contributed by atoms with van der Waals surface area (Å²) < 4.78 is 38.1. The fourth-order valence-electron chi connectivity index (χ4n) is 3.78. The average Bonchev–Trinajstić information content (AvgIpc) is 2.83. The van der Waals surface area contributed by atoms with Crippen molar-refractivity contribution in [1.82, 2.24) is 20.0 Å². The third-order valence-electron chi connectivity index (χ3n) is 5.39. The fourth-order valence-corrected chi connectivity index (χ4v) is 3.78. The van der Waals surface area contributed by atoms with Crippen LogP contribution in [-0.4, -0.2) is 65.5 Å². The van der Waals surface area contributed by atoms with Crippen molar-refractivity contribution in [2.75, 3.05) is 32.8 Å². The maximum atomic E-state index is 12.7. The highest BCUT2D eigenvalue weighted by Crippen LogP contribution is 2.29. The largest absolute Gasteiger partial charge is 0.416 e. The summed E-state index contributed by atoms with van der Waals surface area (Å²) in [6, 6.07) is 4.52. The van der Waals surface area contributed by atoms with Gasteiger partial charge in [-0.2, -0.15) is 13.2 Å². The second-order valence-electron chi connectivity index (χ2n) is 7.64. The van der Waals surface area contributed by atoms with E-state index in [9.17, 15) is 22.8 Å². The summed E-state index contributed by atoms with van der Waals surface area (Å²) in [5, 5.41) is 2.74. The van der Waals surface area contributed by atoms with Crippen LogP contribution >= 0.6 is 0 Å². The van der Waals surface area contributed by atoms with Gasteiger partial charge in [-0.15, -0.1) is 0 Å². The predicted molar refractivity (Wildman–Crippen MR) is 102 cm³/mol. The number of benzene rings is 1. The van der Waals surface area contributed by atoms with E-state index in [1.165, 1.54) is 17.0 Å². The first-order chi connectivity index (χ1) is 13.8. The molecule has 1 aromatic rings. The smallest absolute Gasteiger partial charge is 0.326 e. The molecule has 29 heavy (non-hydrogen) atoms. The number of carbonyl (C=O) groups is 2. The van der Waals surface area contributed by atoms with Crippen molar-refractivity contribution in [1.29, 1.82) is 0 Å². The van der Waals surface area contributed by atoms with Gasteiger partial charge in [0.25, 0.3) is 5.91 Å². The zero-order valence-corrected chi connectivity index (χ0v) is 16.5. The van der Waals surface area contributed by atoms with Crippen LogP contribution in [0.2, 0.25) is 0 Å². The van der Waals surface area contributed by atoms with Crippen molar-refractivity contribution in [3.05, 3.63) is 35.4 Å². The highest BCUT2D eigenvalue weighted by Gasteiger charge is 2.38. The van der Waals surface area contributed by atoms with Crippen molar-refractivity contribution >= 4 is 11.9 Å². The lowest BCUT2D eigenvalue weighted by atomic mass is 10.1. The second-order valence-corrected chi connectivity index (χ2v) is 7.64. The molecule has 1 atom stereocenters. The van der Waals surface area contributed by atoms with Gasteiger partial charge >= 0.3 is 12.2 Å². The van der Waals surface area contributed by atoms with Crippen LogP contribution in [0.3, 0.4) is 0 Å². The molecule has 1 unspecified atom stereocenters. The Morgan fingerprint density at radius 2 is 1.69 bits per heavy atom. The lowest BCUT2D eigenvalue weighted by molar-refractivity contribution is -0.137. The Morgan fingerprint density at radius 3 is 2.34 bits per heavy atom. The van der Waals surface area contributed by atoms with Gasteiger partial charge in [-0.3, -0.25) is 14.6 Å². The first-order valence-electron chi connectivity index (χ1n) is 10.0. The van der Waals surface area contributed by atoms with Gasteiger partial charge in [0.05, 0.1) is 12.2 Å². The van der Waals surface area contributed by atoms with E-state index in [4.69, 9.17) is 0 Å². The number of hydrogen-bond acceptors (Lipinski definition) is 4. The zero-order chi connectivity index (χ0) is 21.0. The Morgan fingerprint density at radius 1 is 1.03 bits per heavy atom. The number of halogens is 3. The number of hydrogen-bond donors (Lipinski definition) is 1. The minimum Gasteiger partial charge on any atom is -0.326 e. The maximum absolute atomic E-state index is 12.7. The third kappa shape index (κ3) is 5.48. The van der Waals surface area contributed by atoms with E-state index in [-0.39, 0.29) is 18.6 Å². The van der Waals surface area contributed by atoms with Crippen molar-refractivity contribution in [3.63, 3.8) is 0 Å². The van der Waals surface area contributed by atoms with E-state index < -0.39 is 17.8 Å². The first kappa shape index (κ1) is 21.6. The molecule has 0 radical (unpaired) electrons. The molecular formula is C20H27F3N4O2. The molecule has 0 saturated carbocycles. The van der Waals surface area contributed by atoms with Crippen LogP contribution in [0.4, 0.5) is 18.0 Å². The number of alkyl halides is 3. The van der Waals surface area contributed by atoms with Crippen LogP contribution in [0.5, 0.6) is 0 Å². The average molecular weight is 412 g/mol. The Hall–Kier alpha value is -2.13. The van der Waals surface area contributed by atoms with E-state index in [2.05, 4.69) is 15.1 Å². The molecule has 2 aliphatic heterocycles. The number of nitrogens with one attached hydrogen (secondary N) is 1. The molecule has 2 saturated heterocycles. The Labute approximate surface area is 168 Å². The molecule has 9 heteroatoms. The van der Waals surface area contributed by atoms with E-state index >= 15 is 0 Å². The predicted octanol–water partition coefficient (Wildman–Crippen LogP) is 2.89. The summed E-state index contributed by atoms with van der Waals surface area (Å²) in [4.78, 5) is 30.1. The molecule has 0 aromatic heterocycles. The van der Waals surface area contributed by atoms with Gasteiger partial charge in [0, 0.05) is 26.2 Å². The van der Waals surface area contributed by atoms with Gasteiger partial charge in [0.15, 0.2) is 0 Å². The van der Waals surface area contributed by atoms with Crippen LogP contribution in [0, 0.1) is 0 Å². The van der Waals surface area contributed by atoms with Gasteiger partial charge < -0.3 is 5.32 Å². The molecule has 0 bridgehead atoms. The Kier molecular flexibility index (Phi) is 6.79. The molecule has 2 aliphatic rings. The molecule has 1 aromatic carbocycles. The molecule has 1 N–H and O–H groups in total. The van der Waals surface area contributed by atoms with Gasteiger partial charge in [-0.05, 0) is 37.1 Å². The molecule has 0 spiro atoms. The number of urea groups is 1. The maximum Gasteiger partial charge on any atom is 0.416 e. The highest BCUT2D eigenvalue weighted by molar-refractivity contribution is 6.04. The SMILES string of the molecule is CCCC1NC(=O)N(CN2CCCN(Cc3ccc(C(F)(F)F)cc3)CC2)C1=O. The molecule has 3 amide bonds. The van der Waals surface area contributed by atoms with Crippen LogP contribution in [0.15, 0.2) is 24.3 Å². The van der Waals surface area contributed by atoms with Gasteiger partial charge in [0.2, 0.25) is 0 Å². The van der Waals surface area contributed by atoms with E-state index in [0.717, 1.165) is 50.2 Å². The standard InChI is InChI=1S/C20H27F3N4O2/c1-2-4-17-18(28)27(19(29)24-17)14-26-10-3-9-25(11-12-26)13-15-5-7-16(8-6-15)20(21,22)23/h5-8,17H,2-4,9-14H2,1H3,(H,24,29). The summed E-state index contributed by atoms with van der Waals surface area (Å²) in [6.07, 6.45) is -1.99. The van der Waals surface area contributed by atoms with Crippen molar-refractivity contribution in [2.24, 2.45) is 0 Å². The summed E-state index contributed by atoms with van der Waals surface area (Å²) in [5.41, 5.74) is 0.196. The molecule has 0 aliphatic carbocycles. The van der Waals surface area contributed by atoms with Crippen LogP contribution < -0.4 is 5.32 Å². The zero-order valence-electron chi connectivity index (χ0n) is 16.5. The molecule has 6 nitrogen and oxygen atoms in total. The third-order valence-corrected chi connectivity index (χ3v) is 5.39. The number of imide groups is 1. The minimum atomic E-state index is -4.32. The normalized spacial score (nSPS) is 22.1. The van der Waals surface area contributed by atoms with Gasteiger partial charge in [-0.1, -0.05) is 25.5 Å². The number of nitrogens with zero attached hydrogens (tertiary/aromatic N) is 3. The fraction of sp³-hybridized carbons (Fsp3) is 0.600.